The molecule has 1 aliphatic rings. The molecule has 36 heavy (non-hydrogen) atoms. The topological polar surface area (TPSA) is 127 Å². The second kappa shape index (κ2) is 10.9. The van der Waals surface area contributed by atoms with Crippen LogP contribution in [0.4, 0.5) is 0 Å². The zero-order valence-corrected chi connectivity index (χ0v) is 21.1. The van der Waals surface area contributed by atoms with Crippen LogP contribution in [-0.2, 0) is 11.2 Å². The van der Waals surface area contributed by atoms with Crippen LogP contribution in [0.1, 0.15) is 73.7 Å². The summed E-state index contributed by atoms with van der Waals surface area (Å²) in [4.78, 5) is 13.3. The molecule has 0 spiro atoms. The lowest BCUT2D eigenvalue weighted by molar-refractivity contribution is 0.0857. The fraction of sp³-hybridized carbons (Fsp3) is 0.345. The number of aromatic hydroxyl groups is 4. The number of fused-ring (bicyclic) bond motifs is 1. The van der Waals surface area contributed by atoms with E-state index in [1.54, 1.807) is 6.92 Å². The molecule has 2 aromatic carbocycles. The number of carbonyl (C=O) groups excluding carboxylic acids is 1. The van der Waals surface area contributed by atoms with Gasteiger partial charge in [-0.2, -0.15) is 0 Å². The van der Waals surface area contributed by atoms with Gasteiger partial charge in [0.05, 0.1) is 5.56 Å². The van der Waals surface area contributed by atoms with Crippen LogP contribution in [0.5, 0.6) is 23.0 Å². The standard InChI is InChI=1S/C29H34O7/c1-6-36-29-21-14-23(32)20(11-9-17(16(4)5)8-7-15(2)3)26(33)24(21)27(34)28(35)25(29)19-12-10-18(30)13-22(19)31/h7,10,12-14,17,29-33,35H,4,6,8-9,11H2,1-3,5H3/t17-,29+/m1/s1. The van der Waals surface area contributed by atoms with E-state index in [1.165, 1.54) is 23.8 Å². The SMILES string of the molecule is C=C(C)[C@H](CC=C(C)C)CCc1c(O)cc2c(c1O)C(=O)C(O)=C(c1ccc(O)cc1O)[C@H]2OCC. The highest BCUT2D eigenvalue weighted by Gasteiger charge is 2.39. The minimum atomic E-state index is -1.05. The summed E-state index contributed by atoms with van der Waals surface area (Å²) in [6, 6.07) is 5.13. The van der Waals surface area contributed by atoms with Gasteiger partial charge in [0.2, 0.25) is 5.78 Å². The summed E-state index contributed by atoms with van der Waals surface area (Å²) in [5, 5.41) is 53.0. The van der Waals surface area contributed by atoms with E-state index in [0.29, 0.717) is 12.8 Å². The maximum atomic E-state index is 13.3. The first kappa shape index (κ1) is 26.9. The monoisotopic (exact) mass is 494 g/mol. The normalized spacial score (nSPS) is 16.0. The molecule has 0 radical (unpaired) electrons. The molecule has 0 heterocycles. The van der Waals surface area contributed by atoms with E-state index in [4.69, 9.17) is 4.74 Å². The number of Topliss-reactive ketones (excluding diaryl/α,β-unsaturated/α-hetero) is 1. The second-order valence-corrected chi connectivity index (χ2v) is 9.41. The van der Waals surface area contributed by atoms with E-state index in [-0.39, 0.29) is 57.6 Å². The van der Waals surface area contributed by atoms with Gasteiger partial charge < -0.3 is 30.3 Å². The van der Waals surface area contributed by atoms with Gasteiger partial charge in [0, 0.05) is 34.9 Å². The Kier molecular flexibility index (Phi) is 8.15. The average molecular weight is 495 g/mol. The Hall–Kier alpha value is -3.71. The van der Waals surface area contributed by atoms with Crippen molar-refractivity contribution in [1.29, 1.82) is 0 Å². The van der Waals surface area contributed by atoms with E-state index in [2.05, 4.69) is 12.7 Å². The van der Waals surface area contributed by atoms with Crippen LogP contribution in [0.2, 0.25) is 0 Å². The van der Waals surface area contributed by atoms with Gasteiger partial charge >= 0.3 is 0 Å². The molecule has 0 aliphatic heterocycles. The Morgan fingerprint density at radius 2 is 1.78 bits per heavy atom. The first-order valence-corrected chi connectivity index (χ1v) is 12.0. The summed E-state index contributed by atoms with van der Waals surface area (Å²) >= 11 is 0. The maximum absolute atomic E-state index is 13.3. The van der Waals surface area contributed by atoms with Crippen molar-refractivity contribution in [2.45, 2.75) is 53.1 Å². The molecule has 3 rings (SSSR count). The third kappa shape index (κ3) is 5.26. The molecule has 0 bridgehead atoms. The molecule has 192 valence electrons. The predicted molar refractivity (Wildman–Crippen MR) is 138 cm³/mol. The minimum absolute atomic E-state index is 0.0116. The summed E-state index contributed by atoms with van der Waals surface area (Å²) in [5.41, 5.74) is 2.50. The molecule has 5 N–H and O–H groups in total. The number of aliphatic hydroxyl groups excluding tert-OH is 1. The maximum Gasteiger partial charge on any atom is 0.231 e. The Bertz CT molecular complexity index is 1250. The molecule has 0 amide bonds. The Balaban J connectivity index is 2.08. The number of benzene rings is 2. The summed E-state index contributed by atoms with van der Waals surface area (Å²) in [5.74, 6) is -2.54. The van der Waals surface area contributed by atoms with Gasteiger partial charge in [-0.1, -0.05) is 23.8 Å². The number of phenols is 4. The van der Waals surface area contributed by atoms with Crippen LogP contribution in [0.3, 0.4) is 0 Å². The average Bonchev–Trinajstić information content (AvgIpc) is 2.79. The van der Waals surface area contributed by atoms with Crippen molar-refractivity contribution in [3.63, 3.8) is 0 Å². The van der Waals surface area contributed by atoms with Crippen LogP contribution in [0.15, 0.2) is 53.8 Å². The van der Waals surface area contributed by atoms with Gasteiger partial charge in [0.1, 0.15) is 29.1 Å². The van der Waals surface area contributed by atoms with Gasteiger partial charge in [0.25, 0.3) is 0 Å². The highest BCUT2D eigenvalue weighted by atomic mass is 16.5. The number of hydrogen-bond donors (Lipinski definition) is 5. The van der Waals surface area contributed by atoms with Crippen LogP contribution in [0, 0.1) is 5.92 Å². The van der Waals surface area contributed by atoms with Crippen molar-refractivity contribution in [2.24, 2.45) is 5.92 Å². The van der Waals surface area contributed by atoms with E-state index in [9.17, 15) is 30.3 Å². The molecule has 2 atom stereocenters. The van der Waals surface area contributed by atoms with Crippen LogP contribution in [0.25, 0.3) is 5.57 Å². The molecule has 0 fully saturated rings. The largest absolute Gasteiger partial charge is 0.508 e. The lowest BCUT2D eigenvalue weighted by atomic mass is 9.80. The van der Waals surface area contributed by atoms with Crippen molar-refractivity contribution in [1.82, 2.24) is 0 Å². The van der Waals surface area contributed by atoms with E-state index < -0.39 is 23.4 Å². The number of hydrogen-bond acceptors (Lipinski definition) is 7. The third-order valence-electron chi connectivity index (χ3n) is 6.51. The Morgan fingerprint density at radius 1 is 1.08 bits per heavy atom. The smallest absolute Gasteiger partial charge is 0.231 e. The van der Waals surface area contributed by atoms with Crippen molar-refractivity contribution in [2.75, 3.05) is 6.61 Å². The van der Waals surface area contributed by atoms with Crippen molar-refractivity contribution < 1.29 is 35.1 Å². The van der Waals surface area contributed by atoms with Crippen molar-refractivity contribution >= 4 is 11.4 Å². The van der Waals surface area contributed by atoms with Crippen molar-refractivity contribution in [3.8, 4) is 23.0 Å². The van der Waals surface area contributed by atoms with Crippen molar-refractivity contribution in [3.05, 3.63) is 76.1 Å². The summed E-state index contributed by atoms with van der Waals surface area (Å²) < 4.78 is 5.83. The fourth-order valence-corrected chi connectivity index (χ4v) is 4.55. The van der Waals surface area contributed by atoms with Gasteiger partial charge in [-0.15, -0.1) is 0 Å². The highest BCUT2D eigenvalue weighted by molar-refractivity contribution is 6.17. The van der Waals surface area contributed by atoms with Crippen LogP contribution >= 0.6 is 0 Å². The summed E-state index contributed by atoms with van der Waals surface area (Å²) in [6.07, 6.45) is 2.73. The number of rotatable bonds is 9. The van der Waals surface area contributed by atoms with E-state index in [1.807, 2.05) is 20.8 Å². The summed E-state index contributed by atoms with van der Waals surface area (Å²) in [6.45, 7) is 11.9. The molecule has 1 aliphatic carbocycles. The molecule has 7 heteroatoms. The number of carbonyl (C=O) groups is 1. The molecule has 0 aromatic heterocycles. The number of ketones is 1. The predicted octanol–water partition coefficient (Wildman–Crippen LogP) is 6.23. The minimum Gasteiger partial charge on any atom is -0.508 e. The molecule has 0 saturated carbocycles. The highest BCUT2D eigenvalue weighted by Crippen LogP contribution is 2.49. The molecule has 7 nitrogen and oxygen atoms in total. The Labute approximate surface area is 211 Å². The lowest BCUT2D eigenvalue weighted by Gasteiger charge is -2.30. The first-order valence-electron chi connectivity index (χ1n) is 12.0. The van der Waals surface area contributed by atoms with Gasteiger partial charge in [0.15, 0.2) is 5.76 Å². The fourth-order valence-electron chi connectivity index (χ4n) is 4.55. The number of phenolic OH excluding ortho intramolecular Hbond substituents is 4. The van der Waals surface area contributed by atoms with Gasteiger partial charge in [-0.05, 0) is 71.1 Å². The summed E-state index contributed by atoms with van der Waals surface area (Å²) in [7, 11) is 0. The molecule has 0 saturated heterocycles. The molecule has 0 unspecified atom stereocenters. The quantitative estimate of drug-likeness (QED) is 0.261. The second-order valence-electron chi connectivity index (χ2n) is 9.41. The van der Waals surface area contributed by atoms with Crippen LogP contribution in [-0.4, -0.2) is 37.9 Å². The van der Waals surface area contributed by atoms with Crippen LogP contribution < -0.4 is 0 Å². The van der Waals surface area contributed by atoms with Gasteiger partial charge in [-0.3, -0.25) is 4.79 Å². The zero-order chi connectivity index (χ0) is 26.7. The lowest BCUT2D eigenvalue weighted by Crippen LogP contribution is -2.23. The number of aliphatic hydroxyl groups is 1. The number of allylic oxidation sites excluding steroid dienone is 4. The number of ether oxygens (including phenoxy) is 1. The first-order chi connectivity index (χ1) is 17.0. The molecule has 2 aromatic rings. The molecular weight excluding hydrogens is 460 g/mol. The van der Waals surface area contributed by atoms with Gasteiger partial charge in [-0.25, -0.2) is 0 Å². The third-order valence-corrected chi connectivity index (χ3v) is 6.51. The molecular formula is C29H34O7. The zero-order valence-electron chi connectivity index (χ0n) is 21.1. The van der Waals surface area contributed by atoms with E-state index in [0.717, 1.165) is 18.1 Å². The van der Waals surface area contributed by atoms with E-state index >= 15 is 0 Å². The Morgan fingerprint density at radius 3 is 2.36 bits per heavy atom.